The molecule has 2 rings (SSSR count). The minimum atomic E-state index is -0.227. The van der Waals surface area contributed by atoms with Gasteiger partial charge < -0.3 is 19.9 Å². The number of carbonyl (C=O) groups excluding carboxylic acids is 1. The summed E-state index contributed by atoms with van der Waals surface area (Å²) in [5.41, 5.74) is 0.639. The first-order chi connectivity index (χ1) is 10.9. The first-order valence-corrected chi connectivity index (χ1v) is 7.56. The van der Waals surface area contributed by atoms with E-state index in [1.807, 2.05) is 22.9 Å². The Morgan fingerprint density at radius 2 is 2.00 bits per heavy atom. The molecule has 1 aromatic heterocycles. The number of imidazole rings is 1. The molecule has 2 aromatic rings. The maximum Gasteiger partial charge on any atom is 0.319 e. The van der Waals surface area contributed by atoms with Crippen LogP contribution in [-0.4, -0.2) is 28.7 Å². The highest BCUT2D eigenvalue weighted by Crippen LogP contribution is 2.21. The zero-order valence-electron chi connectivity index (χ0n) is 14.0. The van der Waals surface area contributed by atoms with Crippen molar-refractivity contribution < 1.29 is 9.53 Å². The number of hydrogen-bond acceptors (Lipinski definition) is 3. The van der Waals surface area contributed by atoms with Gasteiger partial charge in [0, 0.05) is 24.6 Å². The van der Waals surface area contributed by atoms with Crippen LogP contribution in [0.15, 0.2) is 43.0 Å². The van der Waals surface area contributed by atoms with Crippen molar-refractivity contribution in [2.75, 3.05) is 12.4 Å². The van der Waals surface area contributed by atoms with E-state index in [2.05, 4.69) is 36.4 Å². The summed E-state index contributed by atoms with van der Waals surface area (Å²) in [4.78, 5) is 16.3. The Morgan fingerprint density at radius 3 is 2.52 bits per heavy atom. The molecular formula is C17H24N4O2. The van der Waals surface area contributed by atoms with Crippen LogP contribution in [0.5, 0.6) is 5.75 Å². The number of nitrogens with one attached hydrogen (secondary N) is 2. The van der Waals surface area contributed by atoms with Crippen molar-refractivity contribution in [3.05, 3.63) is 43.0 Å². The first kappa shape index (κ1) is 16.9. The molecule has 0 aliphatic carbocycles. The molecule has 0 radical (unpaired) electrons. The molecule has 1 atom stereocenters. The van der Waals surface area contributed by atoms with Crippen LogP contribution in [0, 0.1) is 5.41 Å². The van der Waals surface area contributed by atoms with Gasteiger partial charge in [-0.2, -0.15) is 0 Å². The standard InChI is InChI=1S/C17H24N4O2/c1-17(2,3)15(11-21-10-9-18-12-21)20-16(22)19-13-5-7-14(23-4)8-6-13/h5-10,12,15H,11H2,1-4H3,(H2,19,20,22)/t15-/m0/s1. The Hall–Kier alpha value is -2.50. The molecule has 1 heterocycles. The number of urea groups is 1. The Balaban J connectivity index is 1.99. The Morgan fingerprint density at radius 1 is 1.30 bits per heavy atom. The number of hydrogen-bond donors (Lipinski definition) is 2. The van der Waals surface area contributed by atoms with Gasteiger partial charge in [-0.15, -0.1) is 0 Å². The lowest BCUT2D eigenvalue weighted by atomic mass is 9.86. The summed E-state index contributed by atoms with van der Waals surface area (Å²) in [6, 6.07) is 6.97. The normalized spacial score (nSPS) is 12.5. The van der Waals surface area contributed by atoms with E-state index in [1.165, 1.54) is 0 Å². The molecule has 2 N–H and O–H groups in total. The molecule has 124 valence electrons. The van der Waals surface area contributed by atoms with E-state index in [-0.39, 0.29) is 17.5 Å². The van der Waals surface area contributed by atoms with Gasteiger partial charge in [-0.05, 0) is 29.7 Å². The summed E-state index contributed by atoms with van der Waals surface area (Å²) < 4.78 is 7.07. The van der Waals surface area contributed by atoms with E-state index >= 15 is 0 Å². The minimum Gasteiger partial charge on any atom is -0.497 e. The zero-order chi connectivity index (χ0) is 16.9. The topological polar surface area (TPSA) is 68.2 Å². The second-order valence-electron chi connectivity index (χ2n) is 6.51. The molecule has 1 aromatic carbocycles. The molecule has 0 saturated carbocycles. The summed E-state index contributed by atoms with van der Waals surface area (Å²) in [6.45, 7) is 6.96. The Bertz CT molecular complexity index is 615. The molecule has 0 spiro atoms. The van der Waals surface area contributed by atoms with Crippen molar-refractivity contribution in [3.63, 3.8) is 0 Å². The van der Waals surface area contributed by atoms with Crippen LogP contribution in [0.4, 0.5) is 10.5 Å². The third-order valence-corrected chi connectivity index (χ3v) is 3.65. The van der Waals surface area contributed by atoms with Crippen molar-refractivity contribution in [2.24, 2.45) is 5.41 Å². The number of carbonyl (C=O) groups is 1. The molecule has 0 bridgehead atoms. The number of amides is 2. The molecule has 23 heavy (non-hydrogen) atoms. The van der Waals surface area contributed by atoms with E-state index in [0.717, 1.165) is 11.4 Å². The molecule has 0 aliphatic rings. The van der Waals surface area contributed by atoms with E-state index in [1.54, 1.807) is 31.8 Å². The Labute approximate surface area is 136 Å². The second kappa shape index (κ2) is 7.17. The number of methoxy groups -OCH3 is 1. The maximum atomic E-state index is 12.3. The van der Waals surface area contributed by atoms with Gasteiger partial charge >= 0.3 is 6.03 Å². The van der Waals surface area contributed by atoms with Crippen LogP contribution in [0.3, 0.4) is 0 Å². The van der Waals surface area contributed by atoms with E-state index in [0.29, 0.717) is 6.54 Å². The summed E-state index contributed by atoms with van der Waals surface area (Å²) in [7, 11) is 1.61. The number of rotatable bonds is 5. The summed E-state index contributed by atoms with van der Waals surface area (Å²) in [5.74, 6) is 0.753. The van der Waals surface area contributed by atoms with Gasteiger partial charge in [0.25, 0.3) is 0 Å². The predicted octanol–water partition coefficient (Wildman–Crippen LogP) is 3.13. The number of benzene rings is 1. The monoisotopic (exact) mass is 316 g/mol. The first-order valence-electron chi connectivity index (χ1n) is 7.56. The van der Waals surface area contributed by atoms with E-state index < -0.39 is 0 Å². The second-order valence-corrected chi connectivity index (χ2v) is 6.51. The average molecular weight is 316 g/mol. The van der Waals surface area contributed by atoms with Crippen LogP contribution in [0.25, 0.3) is 0 Å². The van der Waals surface area contributed by atoms with Gasteiger partial charge in [0.1, 0.15) is 5.75 Å². The van der Waals surface area contributed by atoms with Crippen LogP contribution >= 0.6 is 0 Å². The number of nitrogens with zero attached hydrogens (tertiary/aromatic N) is 2. The third kappa shape index (κ3) is 5.02. The minimum absolute atomic E-state index is 0.0325. The Kier molecular flexibility index (Phi) is 5.26. The zero-order valence-corrected chi connectivity index (χ0v) is 14.0. The smallest absolute Gasteiger partial charge is 0.319 e. The summed E-state index contributed by atoms with van der Waals surface area (Å²) in [6.07, 6.45) is 5.38. The van der Waals surface area contributed by atoms with Gasteiger partial charge in [0.2, 0.25) is 0 Å². The van der Waals surface area contributed by atoms with Gasteiger partial charge in [0.05, 0.1) is 19.5 Å². The fourth-order valence-electron chi connectivity index (χ4n) is 2.14. The van der Waals surface area contributed by atoms with Crippen molar-refractivity contribution in [1.82, 2.24) is 14.9 Å². The van der Waals surface area contributed by atoms with Gasteiger partial charge in [-0.1, -0.05) is 20.8 Å². The molecule has 0 saturated heterocycles. The van der Waals surface area contributed by atoms with Crippen LogP contribution in [0.2, 0.25) is 0 Å². The maximum absolute atomic E-state index is 12.3. The molecule has 0 fully saturated rings. The lowest BCUT2D eigenvalue weighted by Gasteiger charge is -2.31. The molecule has 2 amide bonds. The van der Waals surface area contributed by atoms with Crippen LogP contribution in [-0.2, 0) is 6.54 Å². The van der Waals surface area contributed by atoms with E-state index in [9.17, 15) is 4.79 Å². The fraction of sp³-hybridized carbons (Fsp3) is 0.412. The SMILES string of the molecule is COc1ccc(NC(=O)N[C@@H](Cn2ccnc2)C(C)(C)C)cc1. The highest BCUT2D eigenvalue weighted by Gasteiger charge is 2.26. The van der Waals surface area contributed by atoms with Gasteiger partial charge in [0.15, 0.2) is 0 Å². The predicted molar refractivity (Wildman–Crippen MR) is 90.6 cm³/mol. The molecule has 0 unspecified atom stereocenters. The number of ether oxygens (including phenoxy) is 1. The van der Waals surface area contributed by atoms with Crippen molar-refractivity contribution in [1.29, 1.82) is 0 Å². The number of anilines is 1. The summed E-state index contributed by atoms with van der Waals surface area (Å²) >= 11 is 0. The highest BCUT2D eigenvalue weighted by atomic mass is 16.5. The summed E-state index contributed by atoms with van der Waals surface area (Å²) in [5, 5.41) is 5.89. The fourth-order valence-corrected chi connectivity index (χ4v) is 2.14. The van der Waals surface area contributed by atoms with Crippen LogP contribution < -0.4 is 15.4 Å². The largest absolute Gasteiger partial charge is 0.497 e. The molecular weight excluding hydrogens is 292 g/mol. The van der Waals surface area contributed by atoms with Crippen molar-refractivity contribution in [2.45, 2.75) is 33.4 Å². The third-order valence-electron chi connectivity index (χ3n) is 3.65. The number of aromatic nitrogens is 2. The molecule has 0 aliphatic heterocycles. The van der Waals surface area contributed by atoms with E-state index in [4.69, 9.17) is 4.74 Å². The van der Waals surface area contributed by atoms with Gasteiger partial charge in [-0.25, -0.2) is 9.78 Å². The molecule has 6 nitrogen and oxygen atoms in total. The average Bonchev–Trinajstić information content (AvgIpc) is 2.99. The van der Waals surface area contributed by atoms with Gasteiger partial charge in [-0.3, -0.25) is 0 Å². The van der Waals surface area contributed by atoms with Crippen molar-refractivity contribution in [3.8, 4) is 5.75 Å². The quantitative estimate of drug-likeness (QED) is 0.890. The van der Waals surface area contributed by atoms with Crippen molar-refractivity contribution >= 4 is 11.7 Å². The lowest BCUT2D eigenvalue weighted by Crippen LogP contribution is -2.47. The highest BCUT2D eigenvalue weighted by molar-refractivity contribution is 5.89. The van der Waals surface area contributed by atoms with Crippen LogP contribution in [0.1, 0.15) is 20.8 Å². The lowest BCUT2D eigenvalue weighted by molar-refractivity contribution is 0.218. The molecule has 6 heteroatoms.